The summed E-state index contributed by atoms with van der Waals surface area (Å²) in [5, 5.41) is 7.49. The van der Waals surface area contributed by atoms with Gasteiger partial charge in [0.1, 0.15) is 12.4 Å². The second-order valence-electron chi connectivity index (χ2n) is 5.06. The van der Waals surface area contributed by atoms with Gasteiger partial charge in [-0.3, -0.25) is 0 Å². The minimum absolute atomic E-state index is 0.314. The van der Waals surface area contributed by atoms with Gasteiger partial charge >= 0.3 is 5.97 Å². The van der Waals surface area contributed by atoms with Crippen LogP contribution in [-0.2, 0) is 9.53 Å². The Morgan fingerprint density at radius 1 is 1.45 bits per heavy atom. The van der Waals surface area contributed by atoms with Gasteiger partial charge in [-0.25, -0.2) is 9.48 Å². The summed E-state index contributed by atoms with van der Waals surface area (Å²) in [6.07, 6.45) is 6.85. The molecular formula is C15H19N5O2. The Bertz CT molecular complexity index is 687. The topological polar surface area (TPSA) is 84.8 Å². The predicted molar refractivity (Wildman–Crippen MR) is 81.1 cm³/mol. The average Bonchev–Trinajstić information content (AvgIpc) is 3.17. The van der Waals surface area contributed by atoms with Gasteiger partial charge in [-0.05, 0) is 25.0 Å². The van der Waals surface area contributed by atoms with E-state index in [1.165, 1.54) is 6.33 Å². The van der Waals surface area contributed by atoms with Crippen LogP contribution in [0.4, 0.5) is 5.95 Å². The summed E-state index contributed by atoms with van der Waals surface area (Å²) in [7, 11) is 0. The summed E-state index contributed by atoms with van der Waals surface area (Å²) in [6.45, 7) is 4.22. The largest absolute Gasteiger partial charge is 0.463 e. The van der Waals surface area contributed by atoms with E-state index in [9.17, 15) is 4.79 Å². The van der Waals surface area contributed by atoms with Crippen LogP contribution in [0.5, 0.6) is 0 Å². The molecule has 0 aromatic carbocycles. The van der Waals surface area contributed by atoms with E-state index in [-0.39, 0.29) is 12.0 Å². The molecule has 3 rings (SSSR count). The molecule has 0 unspecified atom stereocenters. The third-order valence-corrected chi connectivity index (χ3v) is 3.61. The van der Waals surface area contributed by atoms with Crippen LogP contribution in [0.3, 0.4) is 0 Å². The number of carbonyl (C=O) groups is 1. The van der Waals surface area contributed by atoms with E-state index < -0.39 is 0 Å². The molecule has 2 N–H and O–H groups in total. The van der Waals surface area contributed by atoms with Crippen LogP contribution in [-0.4, -0.2) is 32.3 Å². The first kappa shape index (κ1) is 14.4. The second-order valence-corrected chi connectivity index (χ2v) is 5.06. The van der Waals surface area contributed by atoms with Gasteiger partial charge in [0.05, 0.1) is 12.2 Å². The number of aromatic nitrogens is 4. The molecule has 1 aliphatic heterocycles. The van der Waals surface area contributed by atoms with Crippen LogP contribution >= 0.6 is 0 Å². The Kier molecular flexibility index (Phi) is 3.95. The molecule has 0 bridgehead atoms. The molecule has 0 saturated carbocycles. The van der Waals surface area contributed by atoms with E-state index >= 15 is 0 Å². The lowest BCUT2D eigenvalue weighted by Crippen LogP contribution is -2.30. The maximum atomic E-state index is 12.5. The Labute approximate surface area is 128 Å². The van der Waals surface area contributed by atoms with Crippen molar-refractivity contribution in [2.75, 3.05) is 11.9 Å². The molecule has 3 heterocycles. The summed E-state index contributed by atoms with van der Waals surface area (Å²) in [6, 6.07) is 1.61. The molecule has 0 radical (unpaired) electrons. The molecule has 22 heavy (non-hydrogen) atoms. The molecule has 1 atom stereocenters. The van der Waals surface area contributed by atoms with E-state index in [1.54, 1.807) is 11.6 Å². The first-order valence-electron chi connectivity index (χ1n) is 7.45. The highest BCUT2D eigenvalue weighted by molar-refractivity contribution is 5.92. The van der Waals surface area contributed by atoms with Gasteiger partial charge in [0.25, 0.3) is 0 Å². The smallest absolute Gasteiger partial charge is 0.338 e. The highest BCUT2D eigenvalue weighted by Gasteiger charge is 2.35. The fraction of sp³-hybridized carbons (Fsp3) is 0.400. The van der Waals surface area contributed by atoms with Crippen LogP contribution in [0.2, 0.25) is 0 Å². The predicted octanol–water partition coefficient (Wildman–Crippen LogP) is 2.24. The zero-order valence-electron chi connectivity index (χ0n) is 12.7. The van der Waals surface area contributed by atoms with E-state index in [4.69, 9.17) is 4.74 Å². The SMILES string of the molecule is CCCC1=C(C(=O)OCC)[C@@H](c2cc[nH]c2)n2ncnc2N1. The van der Waals surface area contributed by atoms with Gasteiger partial charge in [-0.15, -0.1) is 0 Å². The first-order chi connectivity index (χ1) is 10.8. The zero-order chi connectivity index (χ0) is 15.5. The zero-order valence-corrected chi connectivity index (χ0v) is 12.7. The van der Waals surface area contributed by atoms with Crippen molar-refractivity contribution < 1.29 is 9.53 Å². The van der Waals surface area contributed by atoms with Crippen molar-refractivity contribution in [2.45, 2.75) is 32.7 Å². The van der Waals surface area contributed by atoms with Crippen molar-refractivity contribution in [3.05, 3.63) is 41.6 Å². The molecule has 116 valence electrons. The standard InChI is InChI=1S/C15H19N5O2/c1-3-5-11-12(14(21)22-4-2)13(10-6-7-16-8-10)20-15(19-11)17-9-18-20/h6-9,13,16H,3-5H2,1-2H3,(H,17,18,19)/t13-/m1/s1. The lowest BCUT2D eigenvalue weighted by atomic mass is 9.96. The van der Waals surface area contributed by atoms with E-state index in [2.05, 4.69) is 27.3 Å². The van der Waals surface area contributed by atoms with Crippen molar-refractivity contribution in [3.63, 3.8) is 0 Å². The van der Waals surface area contributed by atoms with Gasteiger partial charge in [0, 0.05) is 18.1 Å². The third kappa shape index (κ3) is 2.38. The van der Waals surface area contributed by atoms with E-state index in [0.29, 0.717) is 18.1 Å². The fourth-order valence-corrected chi connectivity index (χ4v) is 2.72. The minimum atomic E-state index is -0.328. The summed E-state index contributed by atoms with van der Waals surface area (Å²) < 4.78 is 6.99. The number of aromatic amines is 1. The molecule has 0 amide bonds. The van der Waals surface area contributed by atoms with E-state index in [1.807, 2.05) is 18.5 Å². The number of anilines is 1. The Morgan fingerprint density at radius 3 is 3.00 bits per heavy atom. The van der Waals surface area contributed by atoms with E-state index in [0.717, 1.165) is 24.1 Å². The molecule has 0 aliphatic carbocycles. The number of hydrogen-bond acceptors (Lipinski definition) is 5. The van der Waals surface area contributed by atoms with Crippen molar-refractivity contribution in [2.24, 2.45) is 0 Å². The number of nitrogens with one attached hydrogen (secondary N) is 2. The maximum absolute atomic E-state index is 12.5. The molecule has 2 aromatic rings. The van der Waals surface area contributed by atoms with Crippen LogP contribution in [0.15, 0.2) is 36.1 Å². The Balaban J connectivity index is 2.13. The first-order valence-corrected chi connectivity index (χ1v) is 7.45. The van der Waals surface area contributed by atoms with Crippen molar-refractivity contribution in [1.82, 2.24) is 19.7 Å². The number of carbonyl (C=O) groups excluding carboxylic acids is 1. The molecule has 1 aliphatic rings. The number of rotatable bonds is 5. The highest BCUT2D eigenvalue weighted by Crippen LogP contribution is 2.36. The van der Waals surface area contributed by atoms with Crippen molar-refractivity contribution in [3.8, 4) is 0 Å². The minimum Gasteiger partial charge on any atom is -0.463 e. The van der Waals surface area contributed by atoms with Crippen molar-refractivity contribution >= 4 is 11.9 Å². The maximum Gasteiger partial charge on any atom is 0.338 e. The lowest BCUT2D eigenvalue weighted by molar-refractivity contribution is -0.139. The molecule has 7 nitrogen and oxygen atoms in total. The number of fused-ring (bicyclic) bond motifs is 1. The molecule has 2 aromatic heterocycles. The number of ether oxygens (including phenoxy) is 1. The molecule has 0 spiro atoms. The third-order valence-electron chi connectivity index (χ3n) is 3.61. The summed E-state index contributed by atoms with van der Waals surface area (Å²) in [4.78, 5) is 19.8. The summed E-state index contributed by atoms with van der Waals surface area (Å²) in [5.74, 6) is 0.327. The lowest BCUT2D eigenvalue weighted by Gasteiger charge is -2.28. The fourth-order valence-electron chi connectivity index (χ4n) is 2.72. The number of allylic oxidation sites excluding steroid dienone is 1. The number of H-pyrrole nitrogens is 1. The number of hydrogen-bond donors (Lipinski definition) is 2. The summed E-state index contributed by atoms with van der Waals surface area (Å²) in [5.41, 5.74) is 2.40. The number of nitrogens with zero attached hydrogens (tertiary/aromatic N) is 3. The normalized spacial score (nSPS) is 17.1. The van der Waals surface area contributed by atoms with Crippen LogP contribution in [0.25, 0.3) is 0 Å². The highest BCUT2D eigenvalue weighted by atomic mass is 16.5. The second kappa shape index (κ2) is 6.05. The summed E-state index contributed by atoms with van der Waals surface area (Å²) >= 11 is 0. The molecular weight excluding hydrogens is 282 g/mol. The van der Waals surface area contributed by atoms with Crippen LogP contribution in [0, 0.1) is 0 Å². The Morgan fingerprint density at radius 2 is 2.32 bits per heavy atom. The Hall–Kier alpha value is -2.57. The molecule has 0 saturated heterocycles. The average molecular weight is 301 g/mol. The number of esters is 1. The van der Waals surface area contributed by atoms with Gasteiger partial charge in [-0.2, -0.15) is 10.1 Å². The van der Waals surface area contributed by atoms with Gasteiger partial charge in [0.2, 0.25) is 5.95 Å². The van der Waals surface area contributed by atoms with Crippen molar-refractivity contribution in [1.29, 1.82) is 0 Å². The molecule has 0 fully saturated rings. The van der Waals surface area contributed by atoms with Crippen LogP contribution < -0.4 is 5.32 Å². The quantitative estimate of drug-likeness (QED) is 0.827. The monoisotopic (exact) mass is 301 g/mol. The van der Waals surface area contributed by atoms with Gasteiger partial charge < -0.3 is 15.0 Å². The molecule has 7 heteroatoms. The van der Waals surface area contributed by atoms with Gasteiger partial charge in [0.15, 0.2) is 0 Å². The van der Waals surface area contributed by atoms with Gasteiger partial charge in [-0.1, -0.05) is 13.3 Å². The van der Waals surface area contributed by atoms with Crippen LogP contribution in [0.1, 0.15) is 38.3 Å².